The molecule has 0 unspecified atom stereocenters. The van der Waals surface area contributed by atoms with E-state index >= 15 is 0 Å². The third-order valence-corrected chi connectivity index (χ3v) is 4.65. The van der Waals surface area contributed by atoms with Gasteiger partial charge in [-0.25, -0.2) is 0 Å². The van der Waals surface area contributed by atoms with E-state index < -0.39 is 0 Å². The molecule has 4 N–H and O–H groups in total. The van der Waals surface area contributed by atoms with Crippen LogP contribution >= 0.6 is 11.6 Å². The molecule has 1 aromatic carbocycles. The number of carbonyl (C=O) groups is 2. The van der Waals surface area contributed by atoms with E-state index in [1.165, 1.54) is 0 Å². The Morgan fingerprint density at radius 1 is 1.17 bits per heavy atom. The van der Waals surface area contributed by atoms with Gasteiger partial charge in [-0.2, -0.15) is 0 Å². The molecule has 6 nitrogen and oxygen atoms in total. The molecule has 0 aliphatic carbocycles. The second-order valence-corrected chi connectivity index (χ2v) is 6.50. The summed E-state index contributed by atoms with van der Waals surface area (Å²) in [5.41, 5.74) is 6.32. The Hall–Kier alpha value is -1.63. The average molecular weight is 353 g/mol. The van der Waals surface area contributed by atoms with Gasteiger partial charge in [-0.1, -0.05) is 29.8 Å². The van der Waals surface area contributed by atoms with Crippen molar-refractivity contribution in [1.29, 1.82) is 0 Å². The summed E-state index contributed by atoms with van der Waals surface area (Å²) in [5.74, 6) is -0.0185. The largest absolute Gasteiger partial charge is 0.354 e. The van der Waals surface area contributed by atoms with Gasteiger partial charge in [-0.3, -0.25) is 14.5 Å². The molecule has 1 fully saturated rings. The molecular weight excluding hydrogens is 328 g/mol. The molecular formula is C17H25ClN4O2. The van der Waals surface area contributed by atoms with Crippen LogP contribution in [0.5, 0.6) is 0 Å². The number of rotatable bonds is 7. The van der Waals surface area contributed by atoms with Crippen molar-refractivity contribution < 1.29 is 9.59 Å². The summed E-state index contributed by atoms with van der Waals surface area (Å²) < 4.78 is 0. The zero-order valence-electron chi connectivity index (χ0n) is 13.8. The zero-order valence-corrected chi connectivity index (χ0v) is 14.5. The highest BCUT2D eigenvalue weighted by molar-refractivity contribution is 6.31. The molecule has 1 aliphatic rings. The van der Waals surface area contributed by atoms with E-state index in [9.17, 15) is 9.59 Å². The fourth-order valence-corrected chi connectivity index (χ4v) is 2.98. The summed E-state index contributed by atoms with van der Waals surface area (Å²) in [5, 5.41) is 6.15. The Morgan fingerprint density at radius 2 is 1.88 bits per heavy atom. The summed E-state index contributed by atoms with van der Waals surface area (Å²) in [6.07, 6.45) is 2.08. The van der Waals surface area contributed by atoms with Gasteiger partial charge in [-0.05, 0) is 43.5 Å². The van der Waals surface area contributed by atoms with Crippen molar-refractivity contribution in [2.75, 3.05) is 32.7 Å². The van der Waals surface area contributed by atoms with Crippen molar-refractivity contribution in [3.8, 4) is 0 Å². The molecule has 1 aromatic rings. The number of benzene rings is 1. The predicted octanol–water partition coefficient (Wildman–Crippen LogP) is 0.743. The summed E-state index contributed by atoms with van der Waals surface area (Å²) in [6.45, 7) is 3.39. The number of nitrogens with one attached hydrogen (secondary N) is 2. The zero-order chi connectivity index (χ0) is 17.4. The quantitative estimate of drug-likeness (QED) is 0.675. The number of piperidine rings is 1. The standard InChI is InChI=1S/C17H25ClN4O2/c18-15-4-2-1-3-14(15)12-22-7-5-13(6-8-22)10-20-17(24)11-21-16(23)9-19/h1-4,13H,5-12,19H2,(H,20,24)(H,21,23). The summed E-state index contributed by atoms with van der Waals surface area (Å²) in [7, 11) is 0. The molecule has 2 amide bonds. The van der Waals surface area contributed by atoms with Gasteiger partial charge in [0.1, 0.15) is 0 Å². The van der Waals surface area contributed by atoms with Crippen molar-refractivity contribution in [1.82, 2.24) is 15.5 Å². The van der Waals surface area contributed by atoms with Gasteiger partial charge in [0.2, 0.25) is 11.8 Å². The second-order valence-electron chi connectivity index (χ2n) is 6.10. The first-order valence-electron chi connectivity index (χ1n) is 8.27. The lowest BCUT2D eigenvalue weighted by Crippen LogP contribution is -2.42. The van der Waals surface area contributed by atoms with Crippen molar-refractivity contribution >= 4 is 23.4 Å². The van der Waals surface area contributed by atoms with E-state index in [1.807, 2.05) is 18.2 Å². The maximum Gasteiger partial charge on any atom is 0.239 e. The number of halogens is 1. The van der Waals surface area contributed by atoms with Crippen LogP contribution in [0.3, 0.4) is 0 Å². The van der Waals surface area contributed by atoms with Gasteiger partial charge < -0.3 is 16.4 Å². The van der Waals surface area contributed by atoms with Crippen molar-refractivity contribution in [2.45, 2.75) is 19.4 Å². The first-order chi connectivity index (χ1) is 11.6. The molecule has 1 saturated heterocycles. The Balaban J connectivity index is 1.65. The Kier molecular flexibility index (Phi) is 7.49. The Morgan fingerprint density at radius 3 is 2.54 bits per heavy atom. The number of nitrogens with zero attached hydrogens (tertiary/aromatic N) is 1. The smallest absolute Gasteiger partial charge is 0.239 e. The average Bonchev–Trinajstić information content (AvgIpc) is 2.61. The molecule has 0 radical (unpaired) electrons. The van der Waals surface area contributed by atoms with Crippen molar-refractivity contribution in [3.63, 3.8) is 0 Å². The summed E-state index contributed by atoms with van der Waals surface area (Å²) in [4.78, 5) is 25.0. The number of hydrogen-bond donors (Lipinski definition) is 3. The molecule has 2 rings (SSSR count). The van der Waals surface area contributed by atoms with Crippen LogP contribution in [0.25, 0.3) is 0 Å². The summed E-state index contributed by atoms with van der Waals surface area (Å²) >= 11 is 6.21. The fourth-order valence-electron chi connectivity index (χ4n) is 2.79. The van der Waals surface area contributed by atoms with E-state index in [1.54, 1.807) is 0 Å². The van der Waals surface area contributed by atoms with Gasteiger partial charge in [0.15, 0.2) is 0 Å². The van der Waals surface area contributed by atoms with Crippen LogP contribution in [0.2, 0.25) is 5.02 Å². The van der Waals surface area contributed by atoms with E-state index in [4.69, 9.17) is 17.3 Å². The van der Waals surface area contributed by atoms with E-state index in [2.05, 4.69) is 21.6 Å². The van der Waals surface area contributed by atoms with E-state index in [0.29, 0.717) is 12.5 Å². The lowest BCUT2D eigenvalue weighted by molar-refractivity contribution is -0.125. The highest BCUT2D eigenvalue weighted by Gasteiger charge is 2.20. The Bertz CT molecular complexity index is 559. The highest BCUT2D eigenvalue weighted by Crippen LogP contribution is 2.21. The van der Waals surface area contributed by atoms with Gasteiger partial charge in [0.25, 0.3) is 0 Å². The monoisotopic (exact) mass is 352 g/mol. The molecule has 0 atom stereocenters. The maximum atomic E-state index is 11.7. The van der Waals surface area contributed by atoms with Crippen LogP contribution in [0.15, 0.2) is 24.3 Å². The van der Waals surface area contributed by atoms with Crippen LogP contribution in [-0.2, 0) is 16.1 Å². The van der Waals surface area contributed by atoms with Crippen LogP contribution in [-0.4, -0.2) is 49.4 Å². The highest BCUT2D eigenvalue weighted by atomic mass is 35.5. The molecule has 0 aromatic heterocycles. The molecule has 0 spiro atoms. The number of hydrogen-bond acceptors (Lipinski definition) is 4. The third kappa shape index (κ3) is 6.11. The molecule has 7 heteroatoms. The van der Waals surface area contributed by atoms with Crippen LogP contribution < -0.4 is 16.4 Å². The Labute approximate surface area is 147 Å². The van der Waals surface area contributed by atoms with E-state index in [-0.39, 0.29) is 24.9 Å². The normalized spacial score (nSPS) is 15.9. The summed E-state index contributed by atoms with van der Waals surface area (Å²) in [6, 6.07) is 7.93. The van der Waals surface area contributed by atoms with Crippen molar-refractivity contribution in [3.05, 3.63) is 34.9 Å². The minimum atomic E-state index is -0.321. The number of amides is 2. The molecule has 0 saturated carbocycles. The van der Waals surface area contributed by atoms with Gasteiger partial charge in [-0.15, -0.1) is 0 Å². The maximum absolute atomic E-state index is 11.7. The van der Waals surface area contributed by atoms with Gasteiger partial charge >= 0.3 is 0 Å². The molecule has 1 heterocycles. The van der Waals surface area contributed by atoms with E-state index in [0.717, 1.165) is 43.1 Å². The number of likely N-dealkylation sites (tertiary alicyclic amines) is 1. The van der Waals surface area contributed by atoms with Crippen LogP contribution in [0, 0.1) is 5.92 Å². The van der Waals surface area contributed by atoms with Gasteiger partial charge in [0.05, 0.1) is 13.1 Å². The second kappa shape index (κ2) is 9.61. The lowest BCUT2D eigenvalue weighted by Gasteiger charge is -2.32. The fraction of sp³-hybridized carbons (Fsp3) is 0.529. The predicted molar refractivity (Wildman–Crippen MR) is 94.5 cm³/mol. The number of carbonyl (C=O) groups excluding carboxylic acids is 2. The number of nitrogens with two attached hydrogens (primary N) is 1. The molecule has 0 bridgehead atoms. The first kappa shape index (κ1) is 18.7. The van der Waals surface area contributed by atoms with Crippen LogP contribution in [0.4, 0.5) is 0 Å². The first-order valence-corrected chi connectivity index (χ1v) is 8.65. The molecule has 132 valence electrons. The third-order valence-electron chi connectivity index (χ3n) is 4.28. The SMILES string of the molecule is NCC(=O)NCC(=O)NCC1CCN(Cc2ccccc2Cl)CC1. The van der Waals surface area contributed by atoms with Gasteiger partial charge in [0, 0.05) is 18.1 Å². The molecule has 24 heavy (non-hydrogen) atoms. The topological polar surface area (TPSA) is 87.5 Å². The lowest BCUT2D eigenvalue weighted by atomic mass is 9.96. The minimum Gasteiger partial charge on any atom is -0.354 e. The van der Waals surface area contributed by atoms with Crippen molar-refractivity contribution in [2.24, 2.45) is 11.7 Å². The van der Waals surface area contributed by atoms with Crippen LogP contribution in [0.1, 0.15) is 18.4 Å². The minimum absolute atomic E-state index is 0.0125. The molecule has 1 aliphatic heterocycles.